The quantitative estimate of drug-likeness (QED) is 0.169. The molecular weight excluding hydrogens is 711 g/mol. The smallest absolute Gasteiger partial charge is 0.100 e. The molecule has 0 saturated heterocycles. The molecule has 7 heteroatoms. The van der Waals surface area contributed by atoms with Crippen LogP contribution in [0.4, 0.5) is 0 Å². The Balaban J connectivity index is 1.44. The molecule has 0 aliphatic rings. The third-order valence-corrected chi connectivity index (χ3v) is 11.2. The maximum atomic E-state index is 11.4. The lowest BCUT2D eigenvalue weighted by atomic mass is 9.80. The number of fused-ring (bicyclic) bond motifs is 7. The minimum absolute atomic E-state index is 0.548. The molecule has 58 heavy (non-hydrogen) atoms. The molecule has 5 aromatic carbocycles. The van der Waals surface area contributed by atoms with Gasteiger partial charge in [0.1, 0.15) is 6.07 Å². The number of hydrogen-bond acceptors (Lipinski definition) is 5. The Kier molecular flexibility index (Phi) is 7.73. The van der Waals surface area contributed by atoms with E-state index in [4.69, 9.17) is 0 Å². The molecule has 0 bridgehead atoms. The highest BCUT2D eigenvalue weighted by molar-refractivity contribution is 6.27. The largest absolute Gasteiger partial charge is 0.309 e. The summed E-state index contributed by atoms with van der Waals surface area (Å²) in [6.07, 6.45) is 14.4. The van der Waals surface area contributed by atoms with E-state index in [1.807, 2.05) is 73.3 Å². The second kappa shape index (κ2) is 13.5. The SMILES string of the molecule is N#Cc1c(-c2ccncc2)c(-c2ccncc2)c(-n2c3ccccc3c3c2ccc2c4ccccc4n(-c4ccccc4)c23)c(-c2ccncc2)c1-c1ccncc1. The van der Waals surface area contributed by atoms with Crippen LogP contribution in [0.1, 0.15) is 5.56 Å². The second-order valence-electron chi connectivity index (χ2n) is 14.2. The molecule has 270 valence electrons. The van der Waals surface area contributed by atoms with Crippen molar-refractivity contribution in [3.05, 3.63) is 195 Å². The predicted molar refractivity (Wildman–Crippen MR) is 233 cm³/mol. The molecule has 11 aromatic rings. The second-order valence-corrected chi connectivity index (χ2v) is 14.2. The van der Waals surface area contributed by atoms with E-state index in [1.54, 1.807) is 24.8 Å². The lowest BCUT2D eigenvalue weighted by molar-refractivity contribution is 1.17. The Labute approximate surface area is 333 Å². The predicted octanol–water partition coefficient (Wildman–Crippen LogP) is 12.0. The van der Waals surface area contributed by atoms with E-state index in [1.165, 1.54) is 10.8 Å². The molecular formula is C51H31N7. The van der Waals surface area contributed by atoms with Crippen LogP contribution >= 0.6 is 0 Å². The van der Waals surface area contributed by atoms with E-state index in [9.17, 15) is 5.26 Å². The van der Waals surface area contributed by atoms with Crippen LogP contribution in [0, 0.1) is 11.3 Å². The number of para-hydroxylation sites is 3. The number of nitriles is 1. The van der Waals surface area contributed by atoms with E-state index in [0.29, 0.717) is 5.56 Å². The van der Waals surface area contributed by atoms with Crippen molar-refractivity contribution >= 4 is 43.6 Å². The first kappa shape index (κ1) is 33.2. The van der Waals surface area contributed by atoms with Gasteiger partial charge in [-0.15, -0.1) is 0 Å². The Morgan fingerprint density at radius 2 is 0.828 bits per heavy atom. The number of pyridine rings is 4. The third kappa shape index (κ3) is 4.99. The molecule has 0 aliphatic carbocycles. The lowest BCUT2D eigenvalue weighted by Crippen LogP contribution is -2.07. The number of benzene rings is 5. The van der Waals surface area contributed by atoms with Gasteiger partial charge >= 0.3 is 0 Å². The number of aromatic nitrogens is 6. The van der Waals surface area contributed by atoms with Gasteiger partial charge in [-0.25, -0.2) is 0 Å². The van der Waals surface area contributed by atoms with Gasteiger partial charge in [0.15, 0.2) is 0 Å². The average Bonchev–Trinajstić information content (AvgIpc) is 3.82. The van der Waals surface area contributed by atoms with Gasteiger partial charge in [0.2, 0.25) is 0 Å². The van der Waals surface area contributed by atoms with Gasteiger partial charge in [-0.05, 0) is 101 Å². The number of rotatable bonds is 6. The van der Waals surface area contributed by atoms with Crippen molar-refractivity contribution < 1.29 is 0 Å². The summed E-state index contributed by atoms with van der Waals surface area (Å²) in [6.45, 7) is 0. The fraction of sp³-hybridized carbons (Fsp3) is 0. The van der Waals surface area contributed by atoms with Crippen molar-refractivity contribution in [3.8, 4) is 62.0 Å². The van der Waals surface area contributed by atoms with E-state index >= 15 is 0 Å². The van der Waals surface area contributed by atoms with Gasteiger partial charge in [0, 0.05) is 99.1 Å². The van der Waals surface area contributed by atoms with Crippen molar-refractivity contribution in [3.63, 3.8) is 0 Å². The summed E-state index contributed by atoms with van der Waals surface area (Å²) in [5.41, 5.74) is 13.9. The fourth-order valence-electron chi connectivity index (χ4n) is 8.88. The van der Waals surface area contributed by atoms with Crippen molar-refractivity contribution in [2.75, 3.05) is 0 Å². The molecule has 0 unspecified atom stereocenters. The first-order valence-electron chi connectivity index (χ1n) is 19.1. The number of nitrogens with zero attached hydrogens (tertiary/aromatic N) is 7. The summed E-state index contributed by atoms with van der Waals surface area (Å²) < 4.78 is 4.82. The van der Waals surface area contributed by atoms with Crippen LogP contribution in [0.15, 0.2) is 189 Å². The summed E-state index contributed by atoms with van der Waals surface area (Å²) in [6, 6.07) is 51.3. The van der Waals surface area contributed by atoms with Gasteiger partial charge in [0.25, 0.3) is 0 Å². The maximum Gasteiger partial charge on any atom is 0.100 e. The maximum absolute atomic E-state index is 11.4. The Morgan fingerprint density at radius 3 is 1.34 bits per heavy atom. The molecule has 0 atom stereocenters. The average molecular weight is 742 g/mol. The van der Waals surface area contributed by atoms with Crippen LogP contribution in [0.25, 0.3) is 99.5 Å². The topological polar surface area (TPSA) is 85.2 Å². The van der Waals surface area contributed by atoms with Gasteiger partial charge in [-0.3, -0.25) is 19.9 Å². The zero-order valence-electron chi connectivity index (χ0n) is 31.0. The molecule has 7 nitrogen and oxygen atoms in total. The van der Waals surface area contributed by atoms with E-state index in [-0.39, 0.29) is 0 Å². The summed E-state index contributed by atoms with van der Waals surface area (Å²) in [5, 5.41) is 16.1. The normalized spacial score (nSPS) is 11.4. The van der Waals surface area contributed by atoms with Gasteiger partial charge in [-0.1, -0.05) is 60.7 Å². The Hall–Kier alpha value is -8.21. The van der Waals surface area contributed by atoms with Crippen molar-refractivity contribution in [1.82, 2.24) is 29.1 Å². The van der Waals surface area contributed by atoms with Crippen LogP contribution < -0.4 is 0 Å². The molecule has 0 fully saturated rings. The minimum atomic E-state index is 0.548. The summed E-state index contributed by atoms with van der Waals surface area (Å²) in [5.74, 6) is 0. The summed E-state index contributed by atoms with van der Waals surface area (Å²) in [7, 11) is 0. The molecule has 6 aromatic heterocycles. The fourth-order valence-corrected chi connectivity index (χ4v) is 8.88. The zero-order chi connectivity index (χ0) is 38.6. The van der Waals surface area contributed by atoms with Gasteiger partial charge in [0.05, 0.1) is 33.3 Å². The van der Waals surface area contributed by atoms with Crippen LogP contribution in [-0.4, -0.2) is 29.1 Å². The molecule has 0 N–H and O–H groups in total. The molecule has 0 radical (unpaired) electrons. The van der Waals surface area contributed by atoms with Crippen LogP contribution in [0.3, 0.4) is 0 Å². The van der Waals surface area contributed by atoms with Gasteiger partial charge in [-0.2, -0.15) is 5.26 Å². The van der Waals surface area contributed by atoms with Crippen LogP contribution in [0.2, 0.25) is 0 Å². The third-order valence-electron chi connectivity index (χ3n) is 11.2. The first-order valence-corrected chi connectivity index (χ1v) is 19.1. The lowest BCUT2D eigenvalue weighted by Gasteiger charge is -2.27. The van der Waals surface area contributed by atoms with Crippen LogP contribution in [-0.2, 0) is 0 Å². The Morgan fingerprint density at radius 1 is 0.379 bits per heavy atom. The van der Waals surface area contributed by atoms with Crippen molar-refractivity contribution in [2.45, 2.75) is 0 Å². The monoisotopic (exact) mass is 741 g/mol. The van der Waals surface area contributed by atoms with Crippen molar-refractivity contribution in [2.24, 2.45) is 0 Å². The molecule has 6 heterocycles. The van der Waals surface area contributed by atoms with E-state index < -0.39 is 0 Å². The van der Waals surface area contributed by atoms with Gasteiger partial charge < -0.3 is 9.13 Å². The van der Waals surface area contributed by atoms with Crippen LogP contribution in [0.5, 0.6) is 0 Å². The highest BCUT2D eigenvalue weighted by Crippen LogP contribution is 2.52. The first-order chi connectivity index (χ1) is 28.8. The minimum Gasteiger partial charge on any atom is -0.309 e. The Bertz CT molecular complexity index is 3260. The highest BCUT2D eigenvalue weighted by Gasteiger charge is 2.31. The number of hydrogen-bond donors (Lipinski definition) is 0. The highest BCUT2D eigenvalue weighted by atomic mass is 15.0. The standard InChI is InChI=1S/C51H31N7/c52-32-41-45(33-16-24-53-25-17-33)47(35-20-28-55-29-21-35)51(48(36-22-30-56-31-23-36)46(41)34-18-26-54-27-19-34)58-43-13-7-5-11-40(43)49-44(58)15-14-39-38-10-4-6-12-42(38)57(50(39)49)37-8-2-1-3-9-37/h1-31H. The summed E-state index contributed by atoms with van der Waals surface area (Å²) >= 11 is 0. The summed E-state index contributed by atoms with van der Waals surface area (Å²) in [4.78, 5) is 17.7. The zero-order valence-corrected chi connectivity index (χ0v) is 31.0. The molecule has 0 spiro atoms. The van der Waals surface area contributed by atoms with Crippen molar-refractivity contribution in [1.29, 1.82) is 5.26 Å². The molecule has 0 saturated carbocycles. The molecule has 0 amide bonds. The van der Waals surface area contributed by atoms with E-state index in [2.05, 4.69) is 126 Å². The van der Waals surface area contributed by atoms with E-state index in [0.717, 1.165) is 88.7 Å². The molecule has 0 aliphatic heterocycles. The molecule has 11 rings (SSSR count).